The number of nitrogens with one attached hydrogen (secondary N) is 2. The average Bonchev–Trinajstić information content (AvgIpc) is 3.57. The Balaban J connectivity index is 1.45. The molecule has 1 aromatic heterocycles. The zero-order chi connectivity index (χ0) is 21.1. The van der Waals surface area contributed by atoms with Crippen molar-refractivity contribution >= 4 is 11.8 Å². The molecule has 152 valence electrons. The zero-order valence-corrected chi connectivity index (χ0v) is 16.6. The van der Waals surface area contributed by atoms with E-state index in [4.69, 9.17) is 0 Å². The van der Waals surface area contributed by atoms with Gasteiger partial charge in [0, 0.05) is 29.9 Å². The minimum atomic E-state index is -0.541. The summed E-state index contributed by atoms with van der Waals surface area (Å²) in [6.45, 7) is 1.99. The van der Waals surface area contributed by atoms with Gasteiger partial charge >= 0.3 is 0 Å². The van der Waals surface area contributed by atoms with Gasteiger partial charge in [0.2, 0.25) is 5.43 Å². The van der Waals surface area contributed by atoms with Crippen molar-refractivity contribution in [2.75, 3.05) is 0 Å². The van der Waals surface area contributed by atoms with E-state index in [-0.39, 0.29) is 18.1 Å². The maximum Gasteiger partial charge on any atom is 0.276 e. The molecule has 30 heavy (non-hydrogen) atoms. The van der Waals surface area contributed by atoms with Crippen molar-refractivity contribution in [1.29, 1.82) is 0 Å². The van der Waals surface area contributed by atoms with Gasteiger partial charge in [-0.1, -0.05) is 30.3 Å². The molecule has 1 fully saturated rings. The number of aryl methyl sites for hydroxylation is 1. The number of para-hydroxylation sites is 1. The van der Waals surface area contributed by atoms with Gasteiger partial charge in [-0.25, -0.2) is 4.68 Å². The van der Waals surface area contributed by atoms with Gasteiger partial charge in [-0.05, 0) is 49.6 Å². The SMILES string of the molecule is Cc1cc(=O)c(C(=O)NCc2ccc(C(=O)NC3CC3)cc2)nn1-c1ccccc1. The number of aromatic nitrogens is 2. The van der Waals surface area contributed by atoms with Gasteiger partial charge < -0.3 is 10.6 Å². The number of carbonyl (C=O) groups excluding carboxylic acids is 2. The van der Waals surface area contributed by atoms with Gasteiger partial charge in [-0.3, -0.25) is 14.4 Å². The van der Waals surface area contributed by atoms with Crippen LogP contribution < -0.4 is 16.1 Å². The van der Waals surface area contributed by atoms with Gasteiger partial charge in [0.1, 0.15) is 0 Å². The molecule has 1 heterocycles. The van der Waals surface area contributed by atoms with E-state index in [1.165, 1.54) is 6.07 Å². The average molecular weight is 402 g/mol. The van der Waals surface area contributed by atoms with E-state index < -0.39 is 11.3 Å². The van der Waals surface area contributed by atoms with Crippen molar-refractivity contribution in [3.63, 3.8) is 0 Å². The Morgan fingerprint density at radius 1 is 1.03 bits per heavy atom. The highest BCUT2D eigenvalue weighted by atomic mass is 16.2. The number of nitrogens with zero attached hydrogens (tertiary/aromatic N) is 2. The summed E-state index contributed by atoms with van der Waals surface area (Å²) in [5.41, 5.74) is 2.23. The molecule has 1 saturated carbocycles. The van der Waals surface area contributed by atoms with E-state index in [2.05, 4.69) is 15.7 Å². The van der Waals surface area contributed by atoms with Crippen molar-refractivity contribution in [2.24, 2.45) is 0 Å². The summed E-state index contributed by atoms with van der Waals surface area (Å²) in [4.78, 5) is 36.9. The first kappa shape index (κ1) is 19.6. The van der Waals surface area contributed by atoms with Gasteiger partial charge in [0.15, 0.2) is 5.69 Å². The number of hydrogen-bond donors (Lipinski definition) is 2. The van der Waals surface area contributed by atoms with Crippen LogP contribution in [0.3, 0.4) is 0 Å². The summed E-state index contributed by atoms with van der Waals surface area (Å²) in [5, 5.41) is 9.93. The van der Waals surface area contributed by atoms with Crippen molar-refractivity contribution in [2.45, 2.75) is 32.4 Å². The first-order valence-electron chi connectivity index (χ1n) is 9.85. The molecule has 7 nitrogen and oxygen atoms in total. The number of amides is 2. The molecular formula is C23H22N4O3. The molecule has 0 spiro atoms. The molecular weight excluding hydrogens is 380 g/mol. The first-order chi connectivity index (χ1) is 14.5. The molecule has 1 aliphatic carbocycles. The lowest BCUT2D eigenvalue weighted by Crippen LogP contribution is -2.31. The van der Waals surface area contributed by atoms with Crippen LogP contribution in [-0.2, 0) is 6.54 Å². The molecule has 1 aliphatic rings. The van der Waals surface area contributed by atoms with Crippen molar-refractivity contribution in [1.82, 2.24) is 20.4 Å². The predicted octanol–water partition coefficient (Wildman–Crippen LogP) is 2.36. The van der Waals surface area contributed by atoms with Gasteiger partial charge in [0.25, 0.3) is 11.8 Å². The highest BCUT2D eigenvalue weighted by Gasteiger charge is 2.23. The quantitative estimate of drug-likeness (QED) is 0.662. The maximum atomic E-state index is 12.6. The Bertz CT molecular complexity index is 1130. The lowest BCUT2D eigenvalue weighted by Gasteiger charge is -2.11. The Labute approximate surface area is 173 Å². The minimum Gasteiger partial charge on any atom is -0.349 e. The van der Waals surface area contributed by atoms with E-state index in [1.807, 2.05) is 30.3 Å². The number of benzene rings is 2. The number of carbonyl (C=O) groups is 2. The van der Waals surface area contributed by atoms with Crippen LogP contribution in [0.5, 0.6) is 0 Å². The van der Waals surface area contributed by atoms with Crippen molar-refractivity contribution < 1.29 is 9.59 Å². The van der Waals surface area contributed by atoms with Crippen LogP contribution in [0.15, 0.2) is 65.5 Å². The molecule has 2 aromatic carbocycles. The van der Waals surface area contributed by atoms with E-state index in [0.29, 0.717) is 17.3 Å². The van der Waals surface area contributed by atoms with Crippen LogP contribution in [0.2, 0.25) is 0 Å². The van der Waals surface area contributed by atoms with E-state index in [9.17, 15) is 14.4 Å². The van der Waals surface area contributed by atoms with Crippen molar-refractivity contribution in [3.05, 3.63) is 93.4 Å². The third-order valence-corrected chi connectivity index (χ3v) is 4.91. The van der Waals surface area contributed by atoms with Crippen LogP contribution in [-0.4, -0.2) is 27.6 Å². The third kappa shape index (κ3) is 4.46. The maximum absolute atomic E-state index is 12.6. The van der Waals surface area contributed by atoms with Gasteiger partial charge in [0.05, 0.1) is 5.69 Å². The second-order valence-electron chi connectivity index (χ2n) is 7.37. The monoisotopic (exact) mass is 402 g/mol. The Morgan fingerprint density at radius 2 is 1.73 bits per heavy atom. The van der Waals surface area contributed by atoms with Crippen LogP contribution in [0.1, 0.15) is 44.9 Å². The Kier molecular flexibility index (Phi) is 5.43. The summed E-state index contributed by atoms with van der Waals surface area (Å²) in [5.74, 6) is -0.626. The molecule has 4 rings (SSSR count). The third-order valence-electron chi connectivity index (χ3n) is 4.91. The van der Waals surface area contributed by atoms with Gasteiger partial charge in [-0.2, -0.15) is 5.10 Å². The Morgan fingerprint density at radius 3 is 2.40 bits per heavy atom. The van der Waals surface area contributed by atoms with Crippen LogP contribution in [0.4, 0.5) is 0 Å². The summed E-state index contributed by atoms with van der Waals surface area (Å²) in [6, 6.07) is 18.1. The summed E-state index contributed by atoms with van der Waals surface area (Å²) < 4.78 is 1.57. The first-order valence-corrected chi connectivity index (χ1v) is 9.85. The largest absolute Gasteiger partial charge is 0.349 e. The van der Waals surface area contributed by atoms with Crippen LogP contribution in [0, 0.1) is 6.92 Å². The highest BCUT2D eigenvalue weighted by molar-refractivity contribution is 5.94. The molecule has 7 heteroatoms. The zero-order valence-electron chi connectivity index (χ0n) is 16.6. The fourth-order valence-electron chi connectivity index (χ4n) is 3.07. The van der Waals surface area contributed by atoms with E-state index >= 15 is 0 Å². The smallest absolute Gasteiger partial charge is 0.276 e. The predicted molar refractivity (Wildman–Crippen MR) is 113 cm³/mol. The molecule has 0 bridgehead atoms. The minimum absolute atomic E-state index is 0.0848. The normalized spacial score (nSPS) is 13.0. The lowest BCUT2D eigenvalue weighted by molar-refractivity contribution is 0.0936. The second-order valence-corrected chi connectivity index (χ2v) is 7.37. The fourth-order valence-corrected chi connectivity index (χ4v) is 3.07. The van der Waals surface area contributed by atoms with Crippen molar-refractivity contribution in [3.8, 4) is 5.69 Å². The van der Waals surface area contributed by atoms with E-state index in [1.54, 1.807) is 35.9 Å². The molecule has 0 atom stereocenters. The molecule has 0 unspecified atom stereocenters. The topological polar surface area (TPSA) is 93.1 Å². The summed E-state index contributed by atoms with van der Waals surface area (Å²) in [7, 11) is 0. The van der Waals surface area contributed by atoms with Crippen LogP contribution in [0.25, 0.3) is 5.69 Å². The highest BCUT2D eigenvalue weighted by Crippen LogP contribution is 2.19. The number of rotatable bonds is 6. The van der Waals surface area contributed by atoms with E-state index in [0.717, 1.165) is 24.1 Å². The number of hydrogen-bond acceptors (Lipinski definition) is 4. The molecule has 0 radical (unpaired) electrons. The molecule has 2 N–H and O–H groups in total. The molecule has 2 amide bonds. The Hall–Kier alpha value is -3.74. The molecule has 3 aromatic rings. The standard InChI is InChI=1S/C23H22N4O3/c1-15-13-20(28)21(26-27(15)19-5-3-2-4-6-19)23(30)24-14-16-7-9-17(10-8-16)22(29)25-18-11-12-18/h2-10,13,18H,11-12,14H2,1H3,(H,24,30)(H,25,29). The second kappa shape index (κ2) is 8.32. The van der Waals surface area contributed by atoms with Crippen LogP contribution >= 0.6 is 0 Å². The summed E-state index contributed by atoms with van der Waals surface area (Å²) >= 11 is 0. The lowest BCUT2D eigenvalue weighted by atomic mass is 10.1. The van der Waals surface area contributed by atoms with Gasteiger partial charge in [-0.15, -0.1) is 0 Å². The molecule has 0 aliphatic heterocycles. The summed E-state index contributed by atoms with van der Waals surface area (Å²) in [6.07, 6.45) is 2.07. The fraction of sp³-hybridized carbons (Fsp3) is 0.217. The molecule has 0 saturated heterocycles.